The molecule has 7 nitrogen and oxygen atoms in total. The van der Waals surface area contributed by atoms with E-state index in [0.717, 1.165) is 49.8 Å². The van der Waals surface area contributed by atoms with E-state index in [2.05, 4.69) is 5.32 Å². The third-order valence-electron chi connectivity index (χ3n) is 8.67. The van der Waals surface area contributed by atoms with E-state index in [1.165, 1.54) is 29.2 Å². The summed E-state index contributed by atoms with van der Waals surface area (Å²) in [6.45, 7) is -1.16. The van der Waals surface area contributed by atoms with Crippen LogP contribution in [0.4, 0.5) is 18.9 Å². The maximum atomic E-state index is 14.7. The summed E-state index contributed by atoms with van der Waals surface area (Å²) in [4.78, 5) is 29.9. The first-order valence-electron chi connectivity index (χ1n) is 16.2. The fourth-order valence-corrected chi connectivity index (χ4v) is 7.93. The van der Waals surface area contributed by atoms with Gasteiger partial charge in [-0.15, -0.1) is 0 Å². The van der Waals surface area contributed by atoms with Gasteiger partial charge in [-0.05, 0) is 60.4 Å². The summed E-state index contributed by atoms with van der Waals surface area (Å²) in [7, 11) is -4.67. The molecular formula is C37H36Cl2F3N3O4S. The van der Waals surface area contributed by atoms with E-state index in [4.69, 9.17) is 23.2 Å². The minimum atomic E-state index is -4.83. The van der Waals surface area contributed by atoms with Crippen LogP contribution in [0.1, 0.15) is 48.8 Å². The number of carbonyl (C=O) groups excluding carboxylic acids is 2. The van der Waals surface area contributed by atoms with Gasteiger partial charge in [0, 0.05) is 24.0 Å². The van der Waals surface area contributed by atoms with Crippen molar-refractivity contribution >= 4 is 50.7 Å². The van der Waals surface area contributed by atoms with Gasteiger partial charge in [-0.2, -0.15) is 13.2 Å². The van der Waals surface area contributed by atoms with E-state index in [9.17, 15) is 31.2 Å². The highest BCUT2D eigenvalue weighted by Crippen LogP contribution is 2.37. The largest absolute Gasteiger partial charge is 0.416 e. The summed E-state index contributed by atoms with van der Waals surface area (Å²) in [5, 5.41) is 3.10. The first-order valence-corrected chi connectivity index (χ1v) is 18.4. The second kappa shape index (κ2) is 16.3. The van der Waals surface area contributed by atoms with E-state index < -0.39 is 51.9 Å². The third-order valence-corrected chi connectivity index (χ3v) is 11.1. The van der Waals surface area contributed by atoms with Crippen molar-refractivity contribution < 1.29 is 31.2 Å². The Bertz CT molecular complexity index is 1890. The van der Waals surface area contributed by atoms with Gasteiger partial charge in [0.15, 0.2) is 0 Å². The fourth-order valence-electron chi connectivity index (χ4n) is 6.02. The highest BCUT2D eigenvalue weighted by molar-refractivity contribution is 7.92. The molecule has 1 fully saturated rings. The number of benzene rings is 4. The summed E-state index contributed by atoms with van der Waals surface area (Å²) in [6, 6.07) is 23.8. The molecule has 1 N–H and O–H groups in total. The van der Waals surface area contributed by atoms with Crippen LogP contribution in [0.3, 0.4) is 0 Å². The zero-order chi connectivity index (χ0) is 35.9. The van der Waals surface area contributed by atoms with Crippen molar-refractivity contribution in [1.29, 1.82) is 0 Å². The number of hydrogen-bond donors (Lipinski definition) is 1. The van der Waals surface area contributed by atoms with Crippen LogP contribution in [0.5, 0.6) is 0 Å². The molecule has 0 radical (unpaired) electrons. The van der Waals surface area contributed by atoms with Gasteiger partial charge in [-0.1, -0.05) is 109 Å². The van der Waals surface area contributed by atoms with Gasteiger partial charge >= 0.3 is 6.18 Å². The van der Waals surface area contributed by atoms with Gasteiger partial charge in [0.25, 0.3) is 10.0 Å². The number of halogens is 5. The van der Waals surface area contributed by atoms with Crippen LogP contribution in [-0.2, 0) is 38.8 Å². The molecule has 4 aromatic rings. The lowest BCUT2D eigenvalue weighted by atomic mass is 9.94. The van der Waals surface area contributed by atoms with Gasteiger partial charge < -0.3 is 10.2 Å². The molecule has 264 valence electrons. The first-order chi connectivity index (χ1) is 23.8. The van der Waals surface area contributed by atoms with Crippen molar-refractivity contribution in [2.24, 2.45) is 0 Å². The lowest BCUT2D eigenvalue weighted by Gasteiger charge is -2.35. The zero-order valence-corrected chi connectivity index (χ0v) is 29.3. The molecule has 4 aromatic carbocycles. The molecule has 13 heteroatoms. The maximum absolute atomic E-state index is 14.7. The van der Waals surface area contributed by atoms with E-state index in [1.807, 2.05) is 18.2 Å². The Balaban J connectivity index is 1.62. The van der Waals surface area contributed by atoms with Crippen molar-refractivity contribution in [1.82, 2.24) is 10.2 Å². The molecule has 50 heavy (non-hydrogen) atoms. The minimum absolute atomic E-state index is 0.0747. The monoisotopic (exact) mass is 745 g/mol. The molecule has 2 amide bonds. The number of anilines is 1. The summed E-state index contributed by atoms with van der Waals surface area (Å²) >= 11 is 12.9. The van der Waals surface area contributed by atoms with Crippen molar-refractivity contribution in [3.05, 3.63) is 130 Å². The Labute approximate surface area is 300 Å². The Morgan fingerprint density at radius 3 is 2.08 bits per heavy atom. The summed E-state index contributed by atoms with van der Waals surface area (Å²) in [6.07, 6.45) is -0.258. The van der Waals surface area contributed by atoms with E-state index in [0.29, 0.717) is 21.0 Å². The van der Waals surface area contributed by atoms with Crippen molar-refractivity contribution in [3.8, 4) is 0 Å². The molecule has 0 bridgehead atoms. The highest BCUT2D eigenvalue weighted by Gasteiger charge is 2.38. The van der Waals surface area contributed by atoms with Crippen LogP contribution >= 0.6 is 23.2 Å². The molecule has 1 aliphatic rings. The average Bonchev–Trinajstić information content (AvgIpc) is 3.10. The standard InChI is InChI=1S/C37H36Cl2F3N3O4S/c38-31-19-11-10-14-27(31)24-44(34(22-26-12-4-1-5-13-26)36(47)43-29-15-6-2-7-16-29)35(46)25-45(50(48,49)30-17-8-3-9-18-30)33-23-28(37(40,41)42)20-21-32(33)39/h1,3-5,8-14,17-21,23,29,34H,2,6-7,15-16,22,24-25H2,(H,43,47). The van der Waals surface area contributed by atoms with Gasteiger partial charge in [0.1, 0.15) is 12.6 Å². The fraction of sp³-hybridized carbons (Fsp3) is 0.297. The number of hydrogen-bond acceptors (Lipinski definition) is 4. The Hall–Kier alpha value is -4.06. The van der Waals surface area contributed by atoms with Crippen LogP contribution in [-0.4, -0.2) is 43.8 Å². The average molecular weight is 747 g/mol. The number of nitrogens with one attached hydrogen (secondary N) is 1. The van der Waals surface area contributed by atoms with Crippen molar-refractivity contribution in [3.63, 3.8) is 0 Å². The Kier molecular flexibility index (Phi) is 12.1. The Morgan fingerprint density at radius 1 is 0.820 bits per heavy atom. The summed E-state index contributed by atoms with van der Waals surface area (Å²) in [5.41, 5.74) is -0.467. The molecule has 1 unspecified atom stereocenters. The van der Waals surface area contributed by atoms with Crippen LogP contribution in [0.25, 0.3) is 0 Å². The van der Waals surface area contributed by atoms with E-state index >= 15 is 0 Å². The van der Waals surface area contributed by atoms with Gasteiger partial charge in [0.05, 0.1) is 21.2 Å². The lowest BCUT2D eigenvalue weighted by Crippen LogP contribution is -2.55. The summed E-state index contributed by atoms with van der Waals surface area (Å²) in [5.74, 6) is -1.28. The van der Waals surface area contributed by atoms with Gasteiger partial charge in [-0.25, -0.2) is 8.42 Å². The lowest BCUT2D eigenvalue weighted by molar-refractivity contribution is -0.140. The van der Waals surface area contributed by atoms with Crippen LogP contribution in [0, 0.1) is 0 Å². The molecule has 1 atom stereocenters. The topological polar surface area (TPSA) is 86.8 Å². The predicted molar refractivity (Wildman–Crippen MR) is 188 cm³/mol. The predicted octanol–water partition coefficient (Wildman–Crippen LogP) is 8.30. The number of alkyl halides is 3. The molecule has 0 spiro atoms. The molecule has 0 heterocycles. The van der Waals surface area contributed by atoms with E-state index in [-0.39, 0.29) is 28.9 Å². The smallest absolute Gasteiger partial charge is 0.352 e. The molecule has 1 aliphatic carbocycles. The van der Waals surface area contributed by atoms with Crippen LogP contribution < -0.4 is 9.62 Å². The van der Waals surface area contributed by atoms with Crippen LogP contribution in [0.15, 0.2) is 108 Å². The van der Waals surface area contributed by atoms with Crippen molar-refractivity contribution in [2.45, 2.75) is 68.2 Å². The van der Waals surface area contributed by atoms with Gasteiger partial charge in [0.2, 0.25) is 11.8 Å². The first kappa shape index (κ1) is 37.2. The number of carbonyl (C=O) groups is 2. The zero-order valence-electron chi connectivity index (χ0n) is 27.0. The molecule has 1 saturated carbocycles. The number of rotatable bonds is 12. The van der Waals surface area contributed by atoms with Gasteiger partial charge in [-0.3, -0.25) is 13.9 Å². The summed E-state index contributed by atoms with van der Waals surface area (Å²) < 4.78 is 70.7. The molecule has 0 aromatic heterocycles. The second-order valence-corrected chi connectivity index (χ2v) is 14.8. The quantitative estimate of drug-likeness (QED) is 0.158. The van der Waals surface area contributed by atoms with Crippen LogP contribution in [0.2, 0.25) is 10.0 Å². The highest BCUT2D eigenvalue weighted by atomic mass is 35.5. The third kappa shape index (κ3) is 9.18. The normalized spacial score (nSPS) is 14.5. The number of sulfonamides is 1. The number of amides is 2. The second-order valence-electron chi connectivity index (χ2n) is 12.2. The number of nitrogens with zero attached hydrogens (tertiary/aromatic N) is 2. The molecule has 0 aliphatic heterocycles. The Morgan fingerprint density at radius 2 is 1.44 bits per heavy atom. The molecular weight excluding hydrogens is 710 g/mol. The maximum Gasteiger partial charge on any atom is 0.416 e. The molecule has 0 saturated heterocycles. The SMILES string of the molecule is O=C(NC1CCCCC1)C(Cc1ccccc1)N(Cc1ccccc1Cl)C(=O)CN(c1cc(C(F)(F)F)ccc1Cl)S(=O)(=O)c1ccccc1. The molecule has 5 rings (SSSR count). The van der Waals surface area contributed by atoms with E-state index in [1.54, 1.807) is 42.5 Å². The van der Waals surface area contributed by atoms with Crippen molar-refractivity contribution in [2.75, 3.05) is 10.8 Å². The minimum Gasteiger partial charge on any atom is -0.352 e.